The van der Waals surface area contributed by atoms with Crippen LogP contribution in [0.5, 0.6) is 0 Å². The molecule has 1 rings (SSSR count). The van der Waals surface area contributed by atoms with E-state index in [2.05, 4.69) is 39.5 Å². The highest BCUT2D eigenvalue weighted by atomic mass is 15.2. The summed E-state index contributed by atoms with van der Waals surface area (Å²) in [6, 6.07) is 0.811. The summed E-state index contributed by atoms with van der Waals surface area (Å²) in [5, 5.41) is 0. The Morgan fingerprint density at radius 3 is 2.27 bits per heavy atom. The molecule has 0 aromatic heterocycles. The third-order valence-corrected chi connectivity index (χ3v) is 3.84. The molecule has 90 valence electrons. The summed E-state index contributed by atoms with van der Waals surface area (Å²) in [7, 11) is 0. The molecule has 0 saturated heterocycles. The maximum Gasteiger partial charge on any atom is 0.00953 e. The molecule has 1 aliphatic carbocycles. The van der Waals surface area contributed by atoms with Gasteiger partial charge < -0.3 is 4.90 Å². The Balaban J connectivity index is 2.43. The molecule has 0 bridgehead atoms. The van der Waals surface area contributed by atoms with E-state index >= 15 is 0 Å². The van der Waals surface area contributed by atoms with E-state index in [0.29, 0.717) is 5.41 Å². The normalized spacial score (nSPS) is 19.6. The van der Waals surface area contributed by atoms with Crippen LogP contribution in [0.4, 0.5) is 0 Å². The molecule has 0 heterocycles. The van der Waals surface area contributed by atoms with Crippen LogP contribution in [0.2, 0.25) is 0 Å². The summed E-state index contributed by atoms with van der Waals surface area (Å²) in [5.74, 6) is 1.00. The molecule has 1 nitrogen and oxygen atoms in total. The number of rotatable bonds is 7. The van der Waals surface area contributed by atoms with Crippen LogP contribution in [0.25, 0.3) is 0 Å². The van der Waals surface area contributed by atoms with Crippen molar-refractivity contribution in [1.82, 2.24) is 4.90 Å². The lowest BCUT2D eigenvalue weighted by atomic mass is 9.87. The van der Waals surface area contributed by atoms with Crippen molar-refractivity contribution in [2.24, 2.45) is 11.3 Å². The van der Waals surface area contributed by atoms with Gasteiger partial charge in [-0.15, -0.1) is 0 Å². The van der Waals surface area contributed by atoms with Crippen LogP contribution in [-0.2, 0) is 0 Å². The summed E-state index contributed by atoms with van der Waals surface area (Å²) >= 11 is 0. The largest absolute Gasteiger partial charge is 0.300 e. The van der Waals surface area contributed by atoms with Gasteiger partial charge in [-0.05, 0) is 44.1 Å². The maximum atomic E-state index is 2.69. The van der Waals surface area contributed by atoms with E-state index in [4.69, 9.17) is 0 Å². The third kappa shape index (κ3) is 4.14. The molecule has 1 fully saturated rings. The van der Waals surface area contributed by atoms with Gasteiger partial charge in [0.1, 0.15) is 0 Å². The van der Waals surface area contributed by atoms with Crippen molar-refractivity contribution in [2.75, 3.05) is 13.1 Å². The highest BCUT2D eigenvalue weighted by Gasteiger charge is 2.33. The molecule has 0 N–H and O–H groups in total. The Labute approximate surface area is 96.2 Å². The van der Waals surface area contributed by atoms with Crippen LogP contribution in [0.3, 0.4) is 0 Å². The fourth-order valence-corrected chi connectivity index (χ4v) is 2.73. The minimum atomic E-state index is 0.494. The molecule has 1 atom stereocenters. The van der Waals surface area contributed by atoms with Crippen LogP contribution >= 0.6 is 0 Å². The van der Waals surface area contributed by atoms with Crippen molar-refractivity contribution in [3.8, 4) is 0 Å². The van der Waals surface area contributed by atoms with Crippen molar-refractivity contribution >= 4 is 0 Å². The van der Waals surface area contributed by atoms with Gasteiger partial charge in [0.15, 0.2) is 0 Å². The van der Waals surface area contributed by atoms with Crippen LogP contribution < -0.4 is 0 Å². The zero-order valence-corrected chi connectivity index (χ0v) is 11.3. The zero-order chi connectivity index (χ0) is 11.5. The molecular weight excluding hydrogens is 182 g/mol. The molecule has 0 spiro atoms. The number of hydrogen-bond acceptors (Lipinski definition) is 1. The average molecular weight is 211 g/mol. The molecule has 15 heavy (non-hydrogen) atoms. The van der Waals surface area contributed by atoms with Crippen LogP contribution in [-0.4, -0.2) is 24.0 Å². The van der Waals surface area contributed by atoms with Crippen LogP contribution in [0, 0.1) is 11.3 Å². The minimum Gasteiger partial charge on any atom is -0.300 e. The van der Waals surface area contributed by atoms with Crippen molar-refractivity contribution in [2.45, 2.75) is 66.3 Å². The Morgan fingerprint density at radius 1 is 1.27 bits per heavy atom. The molecule has 0 radical (unpaired) electrons. The van der Waals surface area contributed by atoms with Gasteiger partial charge in [0, 0.05) is 12.6 Å². The molecule has 1 aliphatic rings. The molecule has 0 amide bonds. The lowest BCUT2D eigenvalue weighted by Gasteiger charge is -2.36. The molecule has 1 heteroatoms. The van der Waals surface area contributed by atoms with E-state index in [9.17, 15) is 0 Å². The Bertz CT molecular complexity index is 182. The van der Waals surface area contributed by atoms with Crippen molar-refractivity contribution in [1.29, 1.82) is 0 Å². The first kappa shape index (κ1) is 13.0. The van der Waals surface area contributed by atoms with Crippen molar-refractivity contribution in [3.63, 3.8) is 0 Å². The molecule has 1 saturated carbocycles. The standard InChI is InChI=1S/C14H29N/c1-6-10-14(4,5)11-15(7-2)12(3)13-8-9-13/h12-13H,6-11H2,1-5H3/t12-/m1/s1. The summed E-state index contributed by atoms with van der Waals surface area (Å²) in [4.78, 5) is 2.69. The lowest BCUT2D eigenvalue weighted by Crippen LogP contribution is -2.41. The van der Waals surface area contributed by atoms with Gasteiger partial charge in [0.25, 0.3) is 0 Å². The minimum absolute atomic E-state index is 0.494. The predicted molar refractivity (Wildman–Crippen MR) is 68.1 cm³/mol. The second-order valence-corrected chi connectivity index (χ2v) is 6.06. The zero-order valence-electron chi connectivity index (χ0n) is 11.3. The summed E-state index contributed by atoms with van der Waals surface area (Å²) in [5.41, 5.74) is 0.494. The van der Waals surface area contributed by atoms with Gasteiger partial charge in [0.05, 0.1) is 0 Å². The summed E-state index contributed by atoms with van der Waals surface area (Å²) in [6.45, 7) is 14.3. The summed E-state index contributed by atoms with van der Waals surface area (Å²) < 4.78 is 0. The average Bonchev–Trinajstić information content (AvgIpc) is 2.96. The SMILES string of the molecule is CCCC(C)(C)CN(CC)[C@H](C)C1CC1. The third-order valence-electron chi connectivity index (χ3n) is 3.84. The van der Waals surface area contributed by atoms with Crippen LogP contribution in [0.15, 0.2) is 0 Å². The van der Waals surface area contributed by atoms with Gasteiger partial charge in [0.2, 0.25) is 0 Å². The first-order valence-corrected chi connectivity index (χ1v) is 6.74. The van der Waals surface area contributed by atoms with Gasteiger partial charge in [-0.3, -0.25) is 0 Å². The van der Waals surface area contributed by atoms with Gasteiger partial charge in [-0.2, -0.15) is 0 Å². The second-order valence-electron chi connectivity index (χ2n) is 6.06. The highest BCUT2D eigenvalue weighted by molar-refractivity contribution is 4.87. The smallest absolute Gasteiger partial charge is 0.00953 e. The predicted octanol–water partition coefficient (Wildman–Crippen LogP) is 3.93. The quantitative estimate of drug-likeness (QED) is 0.616. The van der Waals surface area contributed by atoms with Crippen LogP contribution in [0.1, 0.15) is 60.3 Å². The van der Waals surface area contributed by atoms with Gasteiger partial charge >= 0.3 is 0 Å². The molecule has 0 aromatic rings. The first-order chi connectivity index (χ1) is 7.00. The van der Waals surface area contributed by atoms with E-state index in [-0.39, 0.29) is 0 Å². The first-order valence-electron chi connectivity index (χ1n) is 6.74. The van der Waals surface area contributed by atoms with E-state index in [0.717, 1.165) is 12.0 Å². The van der Waals surface area contributed by atoms with E-state index in [1.54, 1.807) is 0 Å². The fourth-order valence-electron chi connectivity index (χ4n) is 2.73. The Hall–Kier alpha value is -0.0400. The van der Waals surface area contributed by atoms with Gasteiger partial charge in [-0.25, -0.2) is 0 Å². The van der Waals surface area contributed by atoms with Crippen molar-refractivity contribution in [3.05, 3.63) is 0 Å². The van der Waals surface area contributed by atoms with E-state index in [1.807, 2.05) is 0 Å². The monoisotopic (exact) mass is 211 g/mol. The topological polar surface area (TPSA) is 3.24 Å². The Morgan fingerprint density at radius 2 is 1.87 bits per heavy atom. The maximum absolute atomic E-state index is 2.69. The van der Waals surface area contributed by atoms with Gasteiger partial charge in [-0.1, -0.05) is 34.1 Å². The highest BCUT2D eigenvalue weighted by Crippen LogP contribution is 2.36. The second kappa shape index (κ2) is 5.34. The number of hydrogen-bond donors (Lipinski definition) is 0. The van der Waals surface area contributed by atoms with E-state index < -0.39 is 0 Å². The lowest BCUT2D eigenvalue weighted by molar-refractivity contribution is 0.124. The number of nitrogens with zero attached hydrogens (tertiary/aromatic N) is 1. The molecule has 0 aromatic carbocycles. The fraction of sp³-hybridized carbons (Fsp3) is 1.00. The molecular formula is C14H29N. The van der Waals surface area contributed by atoms with E-state index in [1.165, 1.54) is 38.8 Å². The Kier molecular flexibility index (Phi) is 4.64. The van der Waals surface area contributed by atoms with Crippen molar-refractivity contribution < 1.29 is 0 Å². The molecule has 0 aliphatic heterocycles. The molecule has 0 unspecified atom stereocenters. The summed E-state index contributed by atoms with van der Waals surface area (Å²) in [6.07, 6.45) is 5.58.